The first kappa shape index (κ1) is 10.5. The number of hydrogen-bond acceptors (Lipinski definition) is 4. The van der Waals surface area contributed by atoms with Crippen LogP contribution in [0.3, 0.4) is 0 Å². The van der Waals surface area contributed by atoms with Crippen molar-refractivity contribution in [2.24, 2.45) is 0 Å². The van der Waals surface area contributed by atoms with Crippen molar-refractivity contribution in [3.63, 3.8) is 0 Å². The van der Waals surface area contributed by atoms with Gasteiger partial charge in [0.2, 0.25) is 0 Å². The normalized spacial score (nSPS) is 9.79. The van der Waals surface area contributed by atoms with Gasteiger partial charge in [-0.3, -0.25) is 4.79 Å². The van der Waals surface area contributed by atoms with E-state index < -0.39 is 0 Å². The summed E-state index contributed by atoms with van der Waals surface area (Å²) in [4.78, 5) is 12.2. The molecule has 1 aromatic rings. The maximum atomic E-state index is 10.4. The number of carbonyl (C=O) groups is 1. The Morgan fingerprint density at radius 3 is 2.86 bits per heavy atom. The monoisotopic (exact) mass is 195 g/mol. The van der Waals surface area contributed by atoms with Crippen molar-refractivity contribution in [1.82, 2.24) is 0 Å². The van der Waals surface area contributed by atoms with E-state index in [9.17, 15) is 4.79 Å². The molecule has 1 rings (SSSR count). The first-order chi connectivity index (χ1) is 6.81. The second kappa shape index (κ2) is 5.24. The van der Waals surface area contributed by atoms with E-state index in [1.54, 1.807) is 23.1 Å². The van der Waals surface area contributed by atoms with Crippen LogP contribution < -0.4 is 4.90 Å². The van der Waals surface area contributed by atoms with E-state index in [4.69, 9.17) is 9.52 Å². The summed E-state index contributed by atoms with van der Waals surface area (Å²) in [6, 6.07) is 3.29. The largest absolute Gasteiger partial charge is 0.438 e. The fraction of sp³-hybridized carbons (Fsp3) is 0.300. The van der Waals surface area contributed by atoms with Crippen molar-refractivity contribution >= 4 is 12.2 Å². The van der Waals surface area contributed by atoms with Gasteiger partial charge in [0.05, 0.1) is 6.61 Å². The maximum absolute atomic E-state index is 10.4. The number of carbonyl (C=O) groups excluding carboxylic acids is 1. The van der Waals surface area contributed by atoms with Crippen LogP contribution in [0.15, 0.2) is 29.2 Å². The fourth-order valence-electron chi connectivity index (χ4n) is 1.14. The third kappa shape index (κ3) is 2.47. The number of aldehydes is 1. The fourth-order valence-corrected chi connectivity index (χ4v) is 1.14. The molecule has 0 saturated carbocycles. The summed E-state index contributed by atoms with van der Waals surface area (Å²) in [5.74, 6) is 0.855. The number of aliphatic hydroxyl groups excluding tert-OH is 1. The van der Waals surface area contributed by atoms with E-state index in [1.165, 1.54) is 0 Å². The summed E-state index contributed by atoms with van der Waals surface area (Å²) in [5.41, 5.74) is 0. The predicted octanol–water partition coefficient (Wildman–Crippen LogP) is 1.08. The quantitative estimate of drug-likeness (QED) is 0.545. The average Bonchev–Trinajstić information content (AvgIpc) is 2.65. The van der Waals surface area contributed by atoms with E-state index in [-0.39, 0.29) is 12.4 Å². The van der Waals surface area contributed by atoms with Crippen molar-refractivity contribution in [1.29, 1.82) is 0 Å². The summed E-state index contributed by atoms with van der Waals surface area (Å²) < 4.78 is 5.20. The Morgan fingerprint density at radius 2 is 2.36 bits per heavy atom. The third-order valence-electron chi connectivity index (χ3n) is 1.76. The first-order valence-electron chi connectivity index (χ1n) is 4.33. The summed E-state index contributed by atoms with van der Waals surface area (Å²) in [5, 5.41) is 8.80. The Bertz CT molecular complexity index is 306. The van der Waals surface area contributed by atoms with Gasteiger partial charge in [0, 0.05) is 19.2 Å². The van der Waals surface area contributed by atoms with Crippen LogP contribution in [0.5, 0.6) is 0 Å². The van der Waals surface area contributed by atoms with E-state index in [2.05, 4.69) is 6.58 Å². The van der Waals surface area contributed by atoms with Crippen molar-refractivity contribution in [2.45, 2.75) is 0 Å². The standard InChI is InChI=1S/C10H13NO3/c1-2-5-11(6-7-12)10-4-3-9(8-13)14-10/h2-4,8,12H,1,5-7H2. The first-order valence-corrected chi connectivity index (χ1v) is 4.33. The van der Waals surface area contributed by atoms with Crippen LogP contribution in [0.4, 0.5) is 5.88 Å². The van der Waals surface area contributed by atoms with Gasteiger partial charge in [0.15, 0.2) is 17.9 Å². The Hall–Kier alpha value is -1.55. The van der Waals surface area contributed by atoms with Crippen LogP contribution >= 0.6 is 0 Å². The minimum Gasteiger partial charge on any atom is -0.438 e. The molecule has 1 aromatic heterocycles. The number of nitrogens with zero attached hydrogens (tertiary/aromatic N) is 1. The summed E-state index contributed by atoms with van der Waals surface area (Å²) >= 11 is 0. The smallest absolute Gasteiger partial charge is 0.196 e. The van der Waals surface area contributed by atoms with Gasteiger partial charge < -0.3 is 14.4 Å². The molecule has 14 heavy (non-hydrogen) atoms. The van der Waals surface area contributed by atoms with E-state index in [0.29, 0.717) is 25.3 Å². The van der Waals surface area contributed by atoms with Gasteiger partial charge in [-0.1, -0.05) is 6.08 Å². The van der Waals surface area contributed by atoms with Gasteiger partial charge in [0.25, 0.3) is 0 Å². The summed E-state index contributed by atoms with van der Waals surface area (Å²) in [7, 11) is 0. The molecule has 1 N–H and O–H groups in total. The van der Waals surface area contributed by atoms with Crippen LogP contribution in [-0.4, -0.2) is 31.1 Å². The molecule has 0 radical (unpaired) electrons. The van der Waals surface area contributed by atoms with Gasteiger partial charge in [-0.15, -0.1) is 6.58 Å². The Kier molecular flexibility index (Phi) is 3.94. The second-order valence-electron chi connectivity index (χ2n) is 2.75. The SMILES string of the molecule is C=CCN(CCO)c1ccc(C=O)o1. The molecule has 0 aliphatic carbocycles. The number of hydrogen-bond donors (Lipinski definition) is 1. The molecular formula is C10H13NO3. The lowest BCUT2D eigenvalue weighted by Gasteiger charge is -2.18. The summed E-state index contributed by atoms with van der Waals surface area (Å²) in [6.45, 7) is 4.67. The molecule has 0 fully saturated rings. The molecule has 0 aromatic carbocycles. The van der Waals surface area contributed by atoms with Gasteiger partial charge >= 0.3 is 0 Å². The topological polar surface area (TPSA) is 53.7 Å². The van der Waals surface area contributed by atoms with Crippen LogP contribution in [0.1, 0.15) is 10.6 Å². The van der Waals surface area contributed by atoms with Gasteiger partial charge in [-0.25, -0.2) is 0 Å². The lowest BCUT2D eigenvalue weighted by molar-refractivity contribution is 0.110. The van der Waals surface area contributed by atoms with Crippen LogP contribution in [0, 0.1) is 0 Å². The average molecular weight is 195 g/mol. The molecule has 76 valence electrons. The molecule has 1 heterocycles. The minimum absolute atomic E-state index is 0.0327. The maximum Gasteiger partial charge on any atom is 0.196 e. The molecule has 0 aliphatic rings. The number of furan rings is 1. The lowest BCUT2D eigenvalue weighted by Crippen LogP contribution is -2.26. The highest BCUT2D eigenvalue weighted by Gasteiger charge is 2.08. The zero-order chi connectivity index (χ0) is 10.4. The number of anilines is 1. The Morgan fingerprint density at radius 1 is 1.57 bits per heavy atom. The van der Waals surface area contributed by atoms with Gasteiger partial charge in [-0.2, -0.15) is 0 Å². The highest BCUT2D eigenvalue weighted by atomic mass is 16.4. The molecule has 0 spiro atoms. The molecular weight excluding hydrogens is 182 g/mol. The molecule has 4 nitrogen and oxygen atoms in total. The zero-order valence-corrected chi connectivity index (χ0v) is 7.85. The highest BCUT2D eigenvalue weighted by molar-refractivity contribution is 5.71. The summed E-state index contributed by atoms with van der Waals surface area (Å²) in [6.07, 6.45) is 2.35. The molecule has 0 aliphatic heterocycles. The predicted molar refractivity (Wildman–Crippen MR) is 53.6 cm³/mol. The van der Waals surface area contributed by atoms with Crippen LogP contribution in [0.2, 0.25) is 0 Å². The molecule has 0 unspecified atom stereocenters. The Labute approximate surface area is 82.4 Å². The third-order valence-corrected chi connectivity index (χ3v) is 1.76. The number of aliphatic hydroxyl groups is 1. The molecule has 4 heteroatoms. The Balaban J connectivity index is 2.75. The molecule has 0 atom stereocenters. The van der Waals surface area contributed by atoms with Crippen molar-refractivity contribution in [3.05, 3.63) is 30.5 Å². The van der Waals surface area contributed by atoms with E-state index in [1.807, 2.05) is 0 Å². The molecule has 0 amide bonds. The van der Waals surface area contributed by atoms with Crippen LogP contribution in [0.25, 0.3) is 0 Å². The van der Waals surface area contributed by atoms with Gasteiger partial charge in [-0.05, 0) is 6.07 Å². The van der Waals surface area contributed by atoms with Gasteiger partial charge in [0.1, 0.15) is 0 Å². The highest BCUT2D eigenvalue weighted by Crippen LogP contribution is 2.16. The number of rotatable bonds is 6. The van der Waals surface area contributed by atoms with Crippen molar-refractivity contribution in [3.8, 4) is 0 Å². The zero-order valence-electron chi connectivity index (χ0n) is 7.85. The molecule has 0 saturated heterocycles. The van der Waals surface area contributed by atoms with Crippen molar-refractivity contribution < 1.29 is 14.3 Å². The molecule has 0 bridgehead atoms. The minimum atomic E-state index is 0.0327. The van der Waals surface area contributed by atoms with Crippen molar-refractivity contribution in [2.75, 3.05) is 24.6 Å². The van der Waals surface area contributed by atoms with E-state index >= 15 is 0 Å². The second-order valence-corrected chi connectivity index (χ2v) is 2.75. The lowest BCUT2D eigenvalue weighted by atomic mass is 10.4. The van der Waals surface area contributed by atoms with Crippen LogP contribution in [-0.2, 0) is 0 Å². The van der Waals surface area contributed by atoms with E-state index in [0.717, 1.165) is 0 Å².